The predicted molar refractivity (Wildman–Crippen MR) is 60.7 cm³/mol. The molecule has 1 aliphatic carbocycles. The highest BCUT2D eigenvalue weighted by Crippen LogP contribution is 2.57. The highest BCUT2D eigenvalue weighted by molar-refractivity contribution is 6.31. The Labute approximate surface area is 90.3 Å². The van der Waals surface area contributed by atoms with Crippen molar-refractivity contribution in [2.24, 2.45) is 11.1 Å². The van der Waals surface area contributed by atoms with E-state index in [-0.39, 0.29) is 11.5 Å². The maximum Gasteiger partial charge on any atom is 0.0438 e. The van der Waals surface area contributed by atoms with Crippen molar-refractivity contribution in [3.05, 3.63) is 34.3 Å². The Hall–Kier alpha value is -0.530. The summed E-state index contributed by atoms with van der Waals surface area (Å²) in [6.45, 7) is 6.43. The number of hydrogen-bond acceptors (Lipinski definition) is 1. The number of benzene rings is 1. The first-order valence-electron chi connectivity index (χ1n) is 4.96. The average Bonchev–Trinajstić information content (AvgIpc) is 2.58. The second-order valence-corrected chi connectivity index (χ2v) is 5.24. The summed E-state index contributed by atoms with van der Waals surface area (Å²) in [4.78, 5) is 0. The second kappa shape index (κ2) is 2.98. The maximum absolute atomic E-state index is 6.09. The molecular weight excluding hydrogens is 194 g/mol. The van der Waals surface area contributed by atoms with Crippen molar-refractivity contribution in [2.45, 2.75) is 32.7 Å². The lowest BCUT2D eigenvalue weighted by molar-refractivity contribution is 0.599. The maximum atomic E-state index is 6.09. The monoisotopic (exact) mass is 209 g/mol. The van der Waals surface area contributed by atoms with Gasteiger partial charge in [-0.15, -0.1) is 0 Å². The van der Waals surface area contributed by atoms with Gasteiger partial charge in [-0.2, -0.15) is 0 Å². The van der Waals surface area contributed by atoms with Gasteiger partial charge in [0.2, 0.25) is 0 Å². The number of aryl methyl sites for hydroxylation is 1. The zero-order valence-corrected chi connectivity index (χ0v) is 9.60. The van der Waals surface area contributed by atoms with Crippen molar-refractivity contribution in [2.75, 3.05) is 0 Å². The Bertz CT molecular complexity index is 371. The molecule has 1 saturated carbocycles. The first-order chi connectivity index (χ1) is 6.44. The van der Waals surface area contributed by atoms with E-state index in [1.165, 1.54) is 5.56 Å². The van der Waals surface area contributed by atoms with E-state index in [2.05, 4.69) is 32.0 Å². The van der Waals surface area contributed by atoms with Gasteiger partial charge in [0, 0.05) is 17.0 Å². The van der Waals surface area contributed by atoms with E-state index in [0.717, 1.165) is 10.6 Å². The van der Waals surface area contributed by atoms with E-state index in [9.17, 15) is 0 Å². The minimum atomic E-state index is 0.235. The number of halogens is 1. The summed E-state index contributed by atoms with van der Waals surface area (Å²) in [7, 11) is 0. The van der Waals surface area contributed by atoms with Crippen LogP contribution in [0.2, 0.25) is 5.02 Å². The zero-order chi connectivity index (χ0) is 10.5. The molecule has 2 unspecified atom stereocenters. The molecule has 14 heavy (non-hydrogen) atoms. The van der Waals surface area contributed by atoms with Gasteiger partial charge in [-0.25, -0.2) is 0 Å². The molecule has 0 aromatic heterocycles. The van der Waals surface area contributed by atoms with Gasteiger partial charge in [-0.3, -0.25) is 0 Å². The molecular formula is C12H16ClN. The van der Waals surface area contributed by atoms with Crippen molar-refractivity contribution in [3.63, 3.8) is 0 Å². The van der Waals surface area contributed by atoms with Crippen molar-refractivity contribution in [1.29, 1.82) is 0 Å². The summed E-state index contributed by atoms with van der Waals surface area (Å²) in [5.41, 5.74) is 8.66. The molecule has 1 fully saturated rings. The lowest BCUT2D eigenvalue weighted by atomic mass is 10.0. The van der Waals surface area contributed by atoms with E-state index in [1.807, 2.05) is 6.92 Å². The molecule has 1 aromatic rings. The minimum absolute atomic E-state index is 0.235. The topological polar surface area (TPSA) is 26.0 Å². The molecule has 2 N–H and O–H groups in total. The molecule has 1 aliphatic rings. The quantitative estimate of drug-likeness (QED) is 0.756. The third kappa shape index (κ3) is 1.35. The molecule has 2 rings (SSSR count). The molecule has 0 spiro atoms. The Morgan fingerprint density at radius 3 is 2.36 bits per heavy atom. The summed E-state index contributed by atoms with van der Waals surface area (Å²) in [6, 6.07) is 6.54. The van der Waals surface area contributed by atoms with Crippen LogP contribution < -0.4 is 5.73 Å². The van der Waals surface area contributed by atoms with E-state index in [0.29, 0.717) is 5.92 Å². The molecule has 0 aliphatic heterocycles. The fraction of sp³-hybridized carbons (Fsp3) is 0.500. The molecule has 2 heteroatoms. The molecule has 0 radical (unpaired) electrons. The highest BCUT2D eigenvalue weighted by Gasteiger charge is 2.56. The average molecular weight is 210 g/mol. The van der Waals surface area contributed by atoms with Crippen LogP contribution in [0.1, 0.15) is 30.9 Å². The molecule has 0 amide bonds. The van der Waals surface area contributed by atoms with Gasteiger partial charge in [0.1, 0.15) is 0 Å². The van der Waals surface area contributed by atoms with Crippen molar-refractivity contribution in [3.8, 4) is 0 Å². The van der Waals surface area contributed by atoms with Gasteiger partial charge in [0.15, 0.2) is 0 Å². The van der Waals surface area contributed by atoms with Crippen LogP contribution in [-0.4, -0.2) is 6.04 Å². The Morgan fingerprint density at radius 1 is 1.36 bits per heavy atom. The second-order valence-electron chi connectivity index (χ2n) is 4.83. The first-order valence-corrected chi connectivity index (χ1v) is 5.34. The van der Waals surface area contributed by atoms with Crippen LogP contribution in [0.15, 0.2) is 18.2 Å². The van der Waals surface area contributed by atoms with Crippen LogP contribution in [0.4, 0.5) is 0 Å². The molecule has 0 bridgehead atoms. The van der Waals surface area contributed by atoms with Crippen molar-refractivity contribution >= 4 is 11.6 Å². The summed E-state index contributed by atoms with van der Waals surface area (Å²) < 4.78 is 0. The molecule has 0 saturated heterocycles. The first kappa shape index (κ1) is 10.0. The van der Waals surface area contributed by atoms with E-state index in [1.54, 1.807) is 0 Å². The fourth-order valence-corrected chi connectivity index (χ4v) is 2.31. The number of hydrogen-bond donors (Lipinski definition) is 1. The zero-order valence-electron chi connectivity index (χ0n) is 8.84. The summed E-state index contributed by atoms with van der Waals surface area (Å²) in [6.07, 6.45) is 0. The van der Waals surface area contributed by atoms with Gasteiger partial charge < -0.3 is 5.73 Å². The summed E-state index contributed by atoms with van der Waals surface area (Å²) >= 11 is 6.09. The standard InChI is InChI=1S/C12H16ClN/c1-7-4-5-8(6-9(7)13)10-11(14)12(10,2)3/h4-6,10-11H,14H2,1-3H3. The van der Waals surface area contributed by atoms with Crippen LogP contribution in [0.5, 0.6) is 0 Å². The van der Waals surface area contributed by atoms with Crippen LogP contribution in [-0.2, 0) is 0 Å². The van der Waals surface area contributed by atoms with Crippen LogP contribution in [0, 0.1) is 12.3 Å². The van der Waals surface area contributed by atoms with Gasteiger partial charge >= 0.3 is 0 Å². The van der Waals surface area contributed by atoms with Gasteiger partial charge in [0.25, 0.3) is 0 Å². The van der Waals surface area contributed by atoms with Gasteiger partial charge in [-0.05, 0) is 29.5 Å². The van der Waals surface area contributed by atoms with Crippen molar-refractivity contribution < 1.29 is 0 Å². The normalized spacial score (nSPS) is 28.9. The van der Waals surface area contributed by atoms with Crippen LogP contribution in [0.25, 0.3) is 0 Å². The SMILES string of the molecule is Cc1ccc(C2C(N)C2(C)C)cc1Cl. The molecule has 1 aromatic carbocycles. The molecule has 1 nitrogen and oxygen atoms in total. The lowest BCUT2D eigenvalue weighted by Gasteiger charge is -2.04. The predicted octanol–water partition coefficient (Wildman–Crippen LogP) is 3.10. The highest BCUT2D eigenvalue weighted by atomic mass is 35.5. The van der Waals surface area contributed by atoms with Crippen molar-refractivity contribution in [1.82, 2.24) is 0 Å². The molecule has 0 heterocycles. The van der Waals surface area contributed by atoms with Gasteiger partial charge in [-0.1, -0.05) is 37.6 Å². The fourth-order valence-electron chi connectivity index (χ4n) is 2.12. The van der Waals surface area contributed by atoms with Gasteiger partial charge in [0.05, 0.1) is 0 Å². The minimum Gasteiger partial charge on any atom is -0.327 e. The Morgan fingerprint density at radius 2 is 1.93 bits per heavy atom. The summed E-state index contributed by atoms with van der Waals surface area (Å²) in [5.74, 6) is 0.473. The Kier molecular flexibility index (Phi) is 2.13. The van der Waals surface area contributed by atoms with E-state index in [4.69, 9.17) is 17.3 Å². The third-order valence-corrected chi connectivity index (χ3v) is 3.87. The number of nitrogens with two attached hydrogens (primary N) is 1. The largest absolute Gasteiger partial charge is 0.327 e. The number of rotatable bonds is 1. The van der Waals surface area contributed by atoms with Crippen LogP contribution >= 0.6 is 11.6 Å². The molecule has 76 valence electrons. The van der Waals surface area contributed by atoms with E-state index < -0.39 is 0 Å². The van der Waals surface area contributed by atoms with E-state index >= 15 is 0 Å². The molecule has 2 atom stereocenters. The van der Waals surface area contributed by atoms with Crippen LogP contribution in [0.3, 0.4) is 0 Å². The Balaban J connectivity index is 2.32. The third-order valence-electron chi connectivity index (χ3n) is 3.47. The summed E-state index contributed by atoms with van der Waals surface area (Å²) in [5, 5.41) is 0.845. The smallest absolute Gasteiger partial charge is 0.0438 e. The lowest BCUT2D eigenvalue weighted by Crippen LogP contribution is -2.06.